The number of carbonyl (C=O) groups excluding carboxylic acids is 3. The summed E-state index contributed by atoms with van der Waals surface area (Å²) in [5, 5.41) is 2.51. The molecule has 0 unspecified atom stereocenters. The highest BCUT2D eigenvalue weighted by Gasteiger charge is 2.19. The molecule has 1 aliphatic carbocycles. The van der Waals surface area contributed by atoms with Crippen LogP contribution in [0, 0.1) is 0 Å². The predicted molar refractivity (Wildman–Crippen MR) is 93.3 cm³/mol. The summed E-state index contributed by atoms with van der Waals surface area (Å²) in [5.41, 5.74) is 5.21. The van der Waals surface area contributed by atoms with Crippen LogP contribution in [0.1, 0.15) is 34.8 Å². The fraction of sp³-hybridized carbons (Fsp3) is 0.250. The van der Waals surface area contributed by atoms with Crippen molar-refractivity contribution < 1.29 is 19.1 Å². The van der Waals surface area contributed by atoms with Crippen molar-refractivity contribution >= 4 is 17.7 Å². The Morgan fingerprint density at radius 1 is 1.04 bits per heavy atom. The van der Waals surface area contributed by atoms with Gasteiger partial charge in [0.05, 0.1) is 6.42 Å². The predicted octanol–water partition coefficient (Wildman–Crippen LogP) is 2.51. The average Bonchev–Trinajstić information content (AvgIpc) is 2.97. The van der Waals surface area contributed by atoms with Gasteiger partial charge in [0, 0.05) is 19.0 Å². The zero-order valence-corrected chi connectivity index (χ0v) is 14.0. The molecule has 1 aliphatic rings. The van der Waals surface area contributed by atoms with E-state index in [2.05, 4.69) is 17.4 Å². The van der Waals surface area contributed by atoms with Gasteiger partial charge < -0.3 is 10.1 Å². The van der Waals surface area contributed by atoms with Gasteiger partial charge in [0.2, 0.25) is 5.91 Å². The highest BCUT2D eigenvalue weighted by atomic mass is 16.5. The molecule has 0 atom stereocenters. The molecule has 1 amide bonds. The molecule has 25 heavy (non-hydrogen) atoms. The fourth-order valence-electron chi connectivity index (χ4n) is 2.94. The third-order valence-corrected chi connectivity index (χ3v) is 4.19. The number of fused-ring (bicyclic) bond motifs is 3. The van der Waals surface area contributed by atoms with Crippen LogP contribution in [0.2, 0.25) is 0 Å². The van der Waals surface area contributed by atoms with Crippen LogP contribution in [0.15, 0.2) is 42.5 Å². The van der Waals surface area contributed by atoms with Gasteiger partial charge in [0.1, 0.15) is 0 Å². The quantitative estimate of drug-likeness (QED) is 0.554. The van der Waals surface area contributed by atoms with Gasteiger partial charge in [0.25, 0.3) is 0 Å². The summed E-state index contributed by atoms with van der Waals surface area (Å²) in [6.07, 6.45) is 0.919. The molecule has 2 aromatic carbocycles. The minimum Gasteiger partial charge on any atom is -0.457 e. The number of amides is 1. The Bertz CT molecular complexity index is 841. The lowest BCUT2D eigenvalue weighted by Crippen LogP contribution is -2.24. The Kier molecular flexibility index (Phi) is 4.93. The minimum atomic E-state index is -0.506. The first-order valence-electron chi connectivity index (χ1n) is 8.19. The molecule has 0 radical (unpaired) electrons. The molecule has 3 rings (SSSR count). The topological polar surface area (TPSA) is 72.5 Å². The molecular weight excluding hydrogens is 318 g/mol. The summed E-state index contributed by atoms with van der Waals surface area (Å²) in [6, 6.07) is 13.7. The first-order valence-corrected chi connectivity index (χ1v) is 8.19. The highest BCUT2D eigenvalue weighted by Crippen LogP contribution is 2.36. The van der Waals surface area contributed by atoms with Crippen LogP contribution in [-0.2, 0) is 20.7 Å². The van der Waals surface area contributed by atoms with Gasteiger partial charge in [-0.1, -0.05) is 36.4 Å². The molecule has 128 valence electrons. The second-order valence-corrected chi connectivity index (χ2v) is 6.02. The van der Waals surface area contributed by atoms with Gasteiger partial charge in [-0.2, -0.15) is 0 Å². The summed E-state index contributed by atoms with van der Waals surface area (Å²) in [4.78, 5) is 34.6. The number of nitrogens with one attached hydrogen (secondary N) is 1. The first kappa shape index (κ1) is 16.9. The molecule has 0 fully saturated rings. The van der Waals surface area contributed by atoms with Crippen LogP contribution in [0.5, 0.6) is 0 Å². The van der Waals surface area contributed by atoms with E-state index in [-0.39, 0.29) is 31.3 Å². The van der Waals surface area contributed by atoms with E-state index in [9.17, 15) is 14.4 Å². The van der Waals surface area contributed by atoms with Crippen molar-refractivity contribution in [1.82, 2.24) is 5.32 Å². The Hall–Kier alpha value is -2.95. The fourth-order valence-corrected chi connectivity index (χ4v) is 2.94. The van der Waals surface area contributed by atoms with E-state index < -0.39 is 5.97 Å². The monoisotopic (exact) mass is 337 g/mol. The van der Waals surface area contributed by atoms with E-state index in [1.165, 1.54) is 18.1 Å². The molecule has 1 N–H and O–H groups in total. The van der Waals surface area contributed by atoms with Crippen LogP contribution in [-0.4, -0.2) is 30.8 Å². The van der Waals surface area contributed by atoms with Crippen molar-refractivity contribution in [3.05, 3.63) is 59.2 Å². The molecule has 0 spiro atoms. The van der Waals surface area contributed by atoms with Gasteiger partial charge >= 0.3 is 5.97 Å². The first-order chi connectivity index (χ1) is 12.0. The summed E-state index contributed by atoms with van der Waals surface area (Å²) >= 11 is 0. The zero-order chi connectivity index (χ0) is 17.8. The molecule has 2 aromatic rings. The minimum absolute atomic E-state index is 0.0461. The lowest BCUT2D eigenvalue weighted by Gasteiger charge is -2.07. The Morgan fingerprint density at radius 2 is 1.80 bits per heavy atom. The van der Waals surface area contributed by atoms with Crippen molar-refractivity contribution in [2.45, 2.75) is 19.8 Å². The molecule has 0 bridgehead atoms. The van der Waals surface area contributed by atoms with Gasteiger partial charge in [-0.05, 0) is 34.7 Å². The number of hydrogen-bond donors (Lipinski definition) is 1. The van der Waals surface area contributed by atoms with Crippen molar-refractivity contribution in [1.29, 1.82) is 0 Å². The lowest BCUT2D eigenvalue weighted by atomic mass is 10.0. The van der Waals surface area contributed by atoms with E-state index >= 15 is 0 Å². The maximum Gasteiger partial charge on any atom is 0.308 e. The zero-order valence-electron chi connectivity index (χ0n) is 14.0. The van der Waals surface area contributed by atoms with E-state index in [1.807, 2.05) is 24.3 Å². The number of Topliss-reactive ketones (excluding diaryl/α,β-unsaturated/α-hetero) is 1. The molecule has 5 nitrogen and oxygen atoms in total. The highest BCUT2D eigenvalue weighted by molar-refractivity contribution is 5.99. The summed E-state index contributed by atoms with van der Waals surface area (Å²) in [7, 11) is 0. The number of rotatable bonds is 6. The van der Waals surface area contributed by atoms with Crippen molar-refractivity contribution in [2.24, 2.45) is 0 Å². The molecule has 0 aromatic heterocycles. The number of ether oxygens (including phenoxy) is 1. The Labute approximate surface area is 146 Å². The van der Waals surface area contributed by atoms with Gasteiger partial charge in [-0.3, -0.25) is 14.4 Å². The number of carbonyl (C=O) groups is 3. The Morgan fingerprint density at radius 3 is 2.60 bits per heavy atom. The van der Waals surface area contributed by atoms with E-state index in [0.29, 0.717) is 5.56 Å². The lowest BCUT2D eigenvalue weighted by molar-refractivity contribution is -0.142. The van der Waals surface area contributed by atoms with Crippen LogP contribution < -0.4 is 5.32 Å². The summed E-state index contributed by atoms with van der Waals surface area (Å²) in [6.45, 7) is 1.29. The normalized spacial score (nSPS) is 11.4. The average molecular weight is 337 g/mol. The van der Waals surface area contributed by atoms with Crippen LogP contribution in [0.25, 0.3) is 11.1 Å². The largest absolute Gasteiger partial charge is 0.457 e. The second-order valence-electron chi connectivity index (χ2n) is 6.02. The molecule has 0 heterocycles. The van der Waals surface area contributed by atoms with Crippen LogP contribution >= 0.6 is 0 Å². The van der Waals surface area contributed by atoms with Gasteiger partial charge in [-0.15, -0.1) is 0 Å². The SMILES string of the molecule is CC(=O)NCCC(=O)OCC(=O)c1ccc2c(c1)-c1ccccc1C2. The second kappa shape index (κ2) is 7.30. The van der Waals surface area contributed by atoms with Crippen LogP contribution in [0.3, 0.4) is 0 Å². The number of esters is 1. The maximum atomic E-state index is 12.3. The standard InChI is InChI=1S/C20H19NO4/c1-13(22)21-9-8-20(24)25-12-19(23)16-7-6-15-10-14-4-2-3-5-17(14)18(15)11-16/h2-7,11H,8-10,12H2,1H3,(H,21,22). The van der Waals surface area contributed by atoms with Crippen molar-refractivity contribution in [3.63, 3.8) is 0 Å². The summed E-state index contributed by atoms with van der Waals surface area (Å²) in [5.74, 6) is -0.948. The smallest absolute Gasteiger partial charge is 0.308 e. The number of benzene rings is 2. The van der Waals surface area contributed by atoms with Gasteiger partial charge in [-0.25, -0.2) is 0 Å². The Balaban J connectivity index is 1.61. The number of ketones is 1. The van der Waals surface area contributed by atoms with Crippen molar-refractivity contribution in [3.8, 4) is 11.1 Å². The molecule has 0 aliphatic heterocycles. The molecular formula is C20H19NO4. The van der Waals surface area contributed by atoms with Gasteiger partial charge in [0.15, 0.2) is 12.4 Å². The third kappa shape index (κ3) is 3.94. The van der Waals surface area contributed by atoms with E-state index in [4.69, 9.17) is 4.74 Å². The number of hydrogen-bond acceptors (Lipinski definition) is 4. The van der Waals surface area contributed by atoms with Crippen molar-refractivity contribution in [2.75, 3.05) is 13.2 Å². The van der Waals surface area contributed by atoms with E-state index in [1.54, 1.807) is 6.07 Å². The molecule has 5 heteroatoms. The third-order valence-electron chi connectivity index (χ3n) is 4.19. The summed E-state index contributed by atoms with van der Waals surface area (Å²) < 4.78 is 4.99. The van der Waals surface area contributed by atoms with E-state index in [0.717, 1.165) is 17.5 Å². The molecule has 0 saturated heterocycles. The molecule has 0 saturated carbocycles. The van der Waals surface area contributed by atoms with Crippen LogP contribution in [0.4, 0.5) is 0 Å². The maximum absolute atomic E-state index is 12.3.